The molecule has 0 aliphatic rings. The molecule has 0 saturated carbocycles. The number of hydrogen-bond acceptors (Lipinski definition) is 5. The van der Waals surface area contributed by atoms with Gasteiger partial charge in [0.25, 0.3) is 11.5 Å². The molecule has 0 unspecified atom stereocenters. The van der Waals surface area contributed by atoms with Gasteiger partial charge in [-0.05, 0) is 62.6 Å². The van der Waals surface area contributed by atoms with E-state index in [-0.39, 0.29) is 51.4 Å². The topological polar surface area (TPSA) is 120 Å². The van der Waals surface area contributed by atoms with E-state index in [4.69, 9.17) is 0 Å². The Morgan fingerprint density at radius 1 is 1.05 bits per heavy atom. The number of nitrogens with one attached hydrogen (secondary N) is 2. The molecular formula is C26H29FN6O4. The number of aryl methyl sites for hydroxylation is 1. The van der Waals surface area contributed by atoms with Gasteiger partial charge in [-0.1, -0.05) is 19.9 Å². The minimum Gasteiger partial charge on any atom is -0.352 e. The van der Waals surface area contributed by atoms with Gasteiger partial charge >= 0.3 is 5.69 Å². The van der Waals surface area contributed by atoms with E-state index in [0.29, 0.717) is 12.1 Å². The van der Waals surface area contributed by atoms with Crippen molar-refractivity contribution in [3.8, 4) is 0 Å². The third-order valence-corrected chi connectivity index (χ3v) is 5.92. The molecule has 0 aliphatic heterocycles. The molecule has 2 N–H and O–H groups in total. The lowest BCUT2D eigenvalue weighted by Gasteiger charge is -2.13. The number of benzene rings is 2. The summed E-state index contributed by atoms with van der Waals surface area (Å²) in [5.74, 6) is -1.10. The molecule has 37 heavy (non-hydrogen) atoms. The summed E-state index contributed by atoms with van der Waals surface area (Å²) in [6.45, 7) is 9.12. The predicted molar refractivity (Wildman–Crippen MR) is 139 cm³/mol. The molecule has 0 saturated heterocycles. The number of carbonyl (C=O) groups excluding carboxylic acids is 2. The number of nitrogens with zero attached hydrogens (tertiary/aromatic N) is 4. The van der Waals surface area contributed by atoms with E-state index < -0.39 is 24.0 Å². The van der Waals surface area contributed by atoms with E-state index in [1.165, 1.54) is 33.2 Å². The van der Waals surface area contributed by atoms with Crippen molar-refractivity contribution < 1.29 is 14.0 Å². The molecule has 0 spiro atoms. The standard InChI is InChI=1S/C26H29FN6O4/c1-14(2)12-28-23(35)17-7-9-19-21(10-17)33-25(32(15(3)4)24(19)36)30-31(26(33)37)13-22(34)29-18-8-6-16(5)20(27)11-18/h6-11,14-15H,12-13H2,1-5H3,(H,28,35)(H,29,34). The van der Waals surface area contributed by atoms with Crippen molar-refractivity contribution in [3.05, 3.63) is 74.2 Å². The molecule has 11 heteroatoms. The highest BCUT2D eigenvalue weighted by molar-refractivity contribution is 5.98. The number of fused-ring (bicyclic) bond motifs is 3. The summed E-state index contributed by atoms with van der Waals surface area (Å²) >= 11 is 0. The lowest BCUT2D eigenvalue weighted by atomic mass is 10.1. The molecule has 0 atom stereocenters. The van der Waals surface area contributed by atoms with E-state index in [2.05, 4.69) is 15.7 Å². The monoisotopic (exact) mass is 508 g/mol. The van der Waals surface area contributed by atoms with Crippen molar-refractivity contribution in [2.24, 2.45) is 5.92 Å². The Morgan fingerprint density at radius 2 is 1.78 bits per heavy atom. The third-order valence-electron chi connectivity index (χ3n) is 5.92. The molecule has 4 aromatic rings. The van der Waals surface area contributed by atoms with Gasteiger partial charge in [-0.25, -0.2) is 18.3 Å². The van der Waals surface area contributed by atoms with Crippen molar-refractivity contribution in [2.75, 3.05) is 11.9 Å². The molecule has 2 aromatic carbocycles. The van der Waals surface area contributed by atoms with Crippen molar-refractivity contribution in [1.82, 2.24) is 24.1 Å². The summed E-state index contributed by atoms with van der Waals surface area (Å²) < 4.78 is 17.4. The highest BCUT2D eigenvalue weighted by Gasteiger charge is 2.21. The second-order valence-electron chi connectivity index (χ2n) is 9.69. The summed E-state index contributed by atoms with van der Waals surface area (Å²) in [5, 5.41) is 9.90. The minimum absolute atomic E-state index is 0.0476. The van der Waals surface area contributed by atoms with Gasteiger partial charge in [0.2, 0.25) is 11.7 Å². The minimum atomic E-state index is -0.653. The maximum atomic E-state index is 13.9. The zero-order valence-corrected chi connectivity index (χ0v) is 21.3. The zero-order valence-electron chi connectivity index (χ0n) is 21.3. The second kappa shape index (κ2) is 10.00. The fourth-order valence-electron chi connectivity index (χ4n) is 4.00. The number of anilines is 1. The smallest absolute Gasteiger partial charge is 0.352 e. The first-order valence-electron chi connectivity index (χ1n) is 12.0. The van der Waals surface area contributed by atoms with Crippen LogP contribution in [-0.4, -0.2) is 37.1 Å². The molecule has 4 rings (SSSR count). The summed E-state index contributed by atoms with van der Waals surface area (Å²) in [4.78, 5) is 52.0. The van der Waals surface area contributed by atoms with Crippen LogP contribution >= 0.6 is 0 Å². The molecule has 2 aromatic heterocycles. The van der Waals surface area contributed by atoms with Gasteiger partial charge in [0.1, 0.15) is 12.4 Å². The molecular weight excluding hydrogens is 479 g/mol. The van der Waals surface area contributed by atoms with Gasteiger partial charge in [0.05, 0.1) is 10.9 Å². The molecule has 2 amide bonds. The molecule has 10 nitrogen and oxygen atoms in total. The van der Waals surface area contributed by atoms with E-state index in [1.807, 2.05) is 13.8 Å². The van der Waals surface area contributed by atoms with Crippen molar-refractivity contribution in [3.63, 3.8) is 0 Å². The normalized spacial score (nSPS) is 11.6. The van der Waals surface area contributed by atoms with Crippen LogP contribution in [0, 0.1) is 18.7 Å². The summed E-state index contributed by atoms with van der Waals surface area (Å²) in [7, 11) is 0. The summed E-state index contributed by atoms with van der Waals surface area (Å²) in [6.07, 6.45) is 0. The molecule has 0 radical (unpaired) electrons. The van der Waals surface area contributed by atoms with Crippen LogP contribution in [0.15, 0.2) is 46.0 Å². The van der Waals surface area contributed by atoms with Crippen LogP contribution < -0.4 is 21.9 Å². The average Bonchev–Trinajstić information content (AvgIpc) is 3.14. The molecule has 0 bridgehead atoms. The number of carbonyl (C=O) groups is 2. The predicted octanol–water partition coefficient (Wildman–Crippen LogP) is 2.86. The largest absolute Gasteiger partial charge is 0.352 e. The summed E-state index contributed by atoms with van der Waals surface area (Å²) in [5.41, 5.74) is 0.154. The first-order valence-corrected chi connectivity index (χ1v) is 12.0. The highest BCUT2D eigenvalue weighted by Crippen LogP contribution is 2.17. The summed E-state index contributed by atoms with van der Waals surface area (Å²) in [6, 6.07) is 8.47. The van der Waals surface area contributed by atoms with Crippen LogP contribution in [0.1, 0.15) is 49.7 Å². The van der Waals surface area contributed by atoms with Crippen molar-refractivity contribution in [1.29, 1.82) is 0 Å². The first-order chi connectivity index (χ1) is 17.5. The number of halogens is 1. The maximum Gasteiger partial charge on any atom is 0.352 e. The van der Waals surface area contributed by atoms with Crippen LogP contribution in [0.2, 0.25) is 0 Å². The fraction of sp³-hybridized carbons (Fsp3) is 0.346. The SMILES string of the molecule is Cc1ccc(NC(=O)Cn2nc3n(C(C)C)c(=O)c4ccc(C(=O)NCC(C)C)cc4n3c2=O)cc1F. The van der Waals surface area contributed by atoms with Gasteiger partial charge < -0.3 is 10.6 Å². The van der Waals surface area contributed by atoms with E-state index in [1.54, 1.807) is 32.9 Å². The van der Waals surface area contributed by atoms with Crippen LogP contribution in [0.5, 0.6) is 0 Å². The van der Waals surface area contributed by atoms with Gasteiger partial charge in [-0.3, -0.25) is 19.0 Å². The Kier molecular flexibility index (Phi) is 6.97. The molecule has 2 heterocycles. The molecule has 194 valence electrons. The highest BCUT2D eigenvalue weighted by atomic mass is 19.1. The van der Waals surface area contributed by atoms with Crippen LogP contribution in [0.25, 0.3) is 16.7 Å². The maximum absolute atomic E-state index is 13.9. The van der Waals surface area contributed by atoms with Crippen molar-refractivity contribution in [2.45, 2.75) is 47.2 Å². The lowest BCUT2D eigenvalue weighted by Crippen LogP contribution is -2.30. The number of rotatable bonds is 7. The zero-order chi connectivity index (χ0) is 27.0. The molecule has 0 fully saturated rings. The average molecular weight is 509 g/mol. The Hall–Kier alpha value is -4.28. The van der Waals surface area contributed by atoms with Crippen LogP contribution in [0.4, 0.5) is 10.1 Å². The van der Waals surface area contributed by atoms with Crippen LogP contribution in [0.3, 0.4) is 0 Å². The van der Waals surface area contributed by atoms with E-state index >= 15 is 0 Å². The van der Waals surface area contributed by atoms with E-state index in [9.17, 15) is 23.6 Å². The Balaban J connectivity index is 1.80. The second-order valence-corrected chi connectivity index (χ2v) is 9.69. The van der Waals surface area contributed by atoms with E-state index in [0.717, 1.165) is 4.68 Å². The number of amides is 2. The van der Waals surface area contributed by atoms with Gasteiger partial charge in [-0.15, -0.1) is 5.10 Å². The van der Waals surface area contributed by atoms with Crippen LogP contribution in [-0.2, 0) is 11.3 Å². The lowest BCUT2D eigenvalue weighted by molar-refractivity contribution is -0.117. The van der Waals surface area contributed by atoms with Crippen molar-refractivity contribution >= 4 is 34.2 Å². The Bertz CT molecular complexity index is 1650. The number of hydrogen-bond donors (Lipinski definition) is 2. The Morgan fingerprint density at radius 3 is 2.43 bits per heavy atom. The quantitative estimate of drug-likeness (QED) is 0.398. The Labute approximate surface area is 211 Å². The third kappa shape index (κ3) is 5.02. The van der Waals surface area contributed by atoms with Gasteiger partial charge in [0, 0.05) is 23.8 Å². The molecule has 0 aliphatic carbocycles. The van der Waals surface area contributed by atoms with Gasteiger partial charge in [-0.2, -0.15) is 0 Å². The number of aromatic nitrogens is 4. The van der Waals surface area contributed by atoms with Gasteiger partial charge in [0.15, 0.2) is 0 Å². The fourth-order valence-corrected chi connectivity index (χ4v) is 4.00. The first kappa shape index (κ1) is 25.8.